The van der Waals surface area contributed by atoms with Crippen molar-refractivity contribution in [2.45, 2.75) is 37.6 Å². The summed E-state index contributed by atoms with van der Waals surface area (Å²) in [5, 5.41) is 19.7. The molecule has 0 amide bonds. The normalized spacial score (nSPS) is 21.9. The number of carbonyl (C=O) groups is 1. The second kappa shape index (κ2) is 8.48. The summed E-state index contributed by atoms with van der Waals surface area (Å²) in [5.74, 6) is 0.273. The van der Waals surface area contributed by atoms with Crippen LogP contribution in [0.5, 0.6) is 5.75 Å². The molecule has 1 aromatic heterocycles. The molecule has 8 heteroatoms. The number of aromatic carboxylic acids is 1. The van der Waals surface area contributed by atoms with E-state index < -0.39 is 17.1 Å². The van der Waals surface area contributed by atoms with Crippen molar-refractivity contribution in [2.75, 3.05) is 0 Å². The van der Waals surface area contributed by atoms with Crippen molar-refractivity contribution in [3.05, 3.63) is 83.9 Å². The van der Waals surface area contributed by atoms with Gasteiger partial charge in [0.05, 0.1) is 28.1 Å². The maximum atomic E-state index is 11.6. The Hall–Kier alpha value is -3.65. The van der Waals surface area contributed by atoms with E-state index in [0.29, 0.717) is 30.0 Å². The van der Waals surface area contributed by atoms with Gasteiger partial charge in [-0.2, -0.15) is 0 Å². The van der Waals surface area contributed by atoms with Crippen LogP contribution in [0.2, 0.25) is 0 Å². The lowest BCUT2D eigenvalue weighted by Crippen LogP contribution is -2.58. The number of rotatable bonds is 4. The molecule has 7 nitrogen and oxygen atoms in total. The number of nitrogens with two attached hydrogens (primary N) is 1. The number of halogens is 1. The molecule has 184 valence electrons. The van der Waals surface area contributed by atoms with Crippen LogP contribution in [0.3, 0.4) is 0 Å². The number of benzene rings is 3. The molecule has 1 fully saturated rings. The summed E-state index contributed by atoms with van der Waals surface area (Å²) < 4.78 is 7.98. The van der Waals surface area contributed by atoms with Crippen LogP contribution in [0.4, 0.5) is 0 Å². The Labute approximate surface area is 214 Å². The molecule has 1 saturated carbocycles. The molecule has 0 saturated heterocycles. The monoisotopic (exact) mass is 503 g/mol. The Morgan fingerprint density at radius 1 is 1.03 bits per heavy atom. The number of ether oxygens (including phenoxy) is 1. The summed E-state index contributed by atoms with van der Waals surface area (Å²) in [4.78, 5) is 16.6. The van der Waals surface area contributed by atoms with E-state index in [4.69, 9.17) is 15.5 Å². The summed E-state index contributed by atoms with van der Waals surface area (Å²) in [6.45, 7) is 2.08. The second-order valence-electron chi connectivity index (χ2n) is 9.80. The van der Waals surface area contributed by atoms with Crippen LogP contribution >= 0.6 is 12.4 Å². The fourth-order valence-electron chi connectivity index (χ4n) is 5.44. The van der Waals surface area contributed by atoms with Gasteiger partial charge in [0.15, 0.2) is 6.73 Å². The Morgan fingerprint density at radius 3 is 2.36 bits per heavy atom. The van der Waals surface area contributed by atoms with E-state index in [-0.39, 0.29) is 24.7 Å². The van der Waals surface area contributed by atoms with Gasteiger partial charge in [-0.1, -0.05) is 54.6 Å². The molecular formula is C28H26ClN3O4. The number of fused-ring (bicyclic) bond motifs is 3. The minimum atomic E-state index is -0.999. The van der Waals surface area contributed by atoms with E-state index >= 15 is 0 Å². The van der Waals surface area contributed by atoms with E-state index in [2.05, 4.69) is 0 Å². The maximum absolute atomic E-state index is 11.6. The largest absolute Gasteiger partial charge is 0.478 e. The van der Waals surface area contributed by atoms with Crippen LogP contribution in [0.25, 0.3) is 33.9 Å². The average molecular weight is 504 g/mol. The molecule has 0 spiro atoms. The van der Waals surface area contributed by atoms with Gasteiger partial charge in [-0.15, -0.1) is 12.4 Å². The highest BCUT2D eigenvalue weighted by molar-refractivity contribution is 5.91. The highest BCUT2D eigenvalue weighted by atomic mass is 35.5. The van der Waals surface area contributed by atoms with Crippen LogP contribution in [-0.2, 0) is 12.3 Å². The fraction of sp³-hybridized carbons (Fsp3) is 0.214. The second-order valence-corrected chi connectivity index (χ2v) is 9.80. The molecule has 2 aliphatic rings. The van der Waals surface area contributed by atoms with Crippen molar-refractivity contribution in [1.29, 1.82) is 0 Å². The fourth-order valence-corrected chi connectivity index (χ4v) is 5.44. The molecule has 0 radical (unpaired) electrons. The summed E-state index contributed by atoms with van der Waals surface area (Å²) >= 11 is 0. The van der Waals surface area contributed by atoms with E-state index in [9.17, 15) is 15.0 Å². The third-order valence-corrected chi connectivity index (χ3v) is 6.96. The topological polar surface area (TPSA) is 111 Å². The van der Waals surface area contributed by atoms with Crippen LogP contribution in [0.15, 0.2) is 72.8 Å². The van der Waals surface area contributed by atoms with Gasteiger partial charge < -0.3 is 20.7 Å². The minimum Gasteiger partial charge on any atom is -0.478 e. The average Bonchev–Trinajstić information content (AvgIpc) is 3.23. The minimum absolute atomic E-state index is 0. The number of aliphatic hydroxyl groups is 1. The number of hydrogen-bond acceptors (Lipinski definition) is 5. The van der Waals surface area contributed by atoms with Crippen molar-refractivity contribution in [1.82, 2.24) is 9.55 Å². The molecule has 4 N–H and O–H groups in total. The van der Waals surface area contributed by atoms with E-state index in [1.54, 1.807) is 12.1 Å². The highest BCUT2D eigenvalue weighted by Gasteiger charge is 2.49. The molecule has 2 heterocycles. The first-order valence-corrected chi connectivity index (χ1v) is 11.5. The smallest absolute Gasteiger partial charge is 0.335 e. The summed E-state index contributed by atoms with van der Waals surface area (Å²) in [7, 11) is 0. The van der Waals surface area contributed by atoms with Crippen LogP contribution in [0, 0.1) is 0 Å². The predicted octanol–water partition coefficient (Wildman–Crippen LogP) is 5.05. The Bertz CT molecular complexity index is 1450. The maximum Gasteiger partial charge on any atom is 0.335 e. The van der Waals surface area contributed by atoms with Gasteiger partial charge in [-0.3, -0.25) is 4.57 Å². The number of nitrogens with zero attached hydrogens (tertiary/aromatic N) is 2. The van der Waals surface area contributed by atoms with E-state index in [1.165, 1.54) is 6.07 Å². The number of carboxylic acid groups (broad SMARTS) is 1. The first-order valence-electron chi connectivity index (χ1n) is 11.5. The Balaban J connectivity index is 0.00000267. The molecular weight excluding hydrogens is 478 g/mol. The molecule has 4 aromatic rings. The van der Waals surface area contributed by atoms with Gasteiger partial charge in [0, 0.05) is 16.7 Å². The zero-order valence-corrected chi connectivity index (χ0v) is 20.5. The van der Waals surface area contributed by atoms with Crippen molar-refractivity contribution in [2.24, 2.45) is 5.73 Å². The first-order chi connectivity index (χ1) is 16.7. The van der Waals surface area contributed by atoms with Gasteiger partial charge in [0.25, 0.3) is 0 Å². The number of carboxylic acids is 1. The van der Waals surface area contributed by atoms with Gasteiger partial charge in [0.1, 0.15) is 11.6 Å². The van der Waals surface area contributed by atoms with E-state index in [0.717, 1.165) is 28.1 Å². The quantitative estimate of drug-likeness (QED) is 0.359. The van der Waals surface area contributed by atoms with Gasteiger partial charge in [0.2, 0.25) is 0 Å². The molecule has 1 aliphatic carbocycles. The number of hydrogen-bond donors (Lipinski definition) is 3. The van der Waals surface area contributed by atoms with Crippen molar-refractivity contribution < 1.29 is 19.7 Å². The van der Waals surface area contributed by atoms with Crippen LogP contribution in [-0.4, -0.2) is 31.3 Å². The summed E-state index contributed by atoms with van der Waals surface area (Å²) in [5.41, 5.74) is 10.7. The lowest BCUT2D eigenvalue weighted by atomic mass is 9.63. The summed E-state index contributed by atoms with van der Waals surface area (Å²) in [6, 6.07) is 22.8. The van der Waals surface area contributed by atoms with Gasteiger partial charge >= 0.3 is 5.97 Å². The lowest BCUT2D eigenvalue weighted by Gasteiger charge is -2.49. The molecule has 36 heavy (non-hydrogen) atoms. The highest BCUT2D eigenvalue weighted by Crippen LogP contribution is 2.47. The van der Waals surface area contributed by atoms with Gasteiger partial charge in [-0.05, 0) is 43.5 Å². The molecule has 0 bridgehead atoms. The number of aromatic nitrogens is 2. The molecule has 3 aromatic carbocycles. The molecule has 0 unspecified atom stereocenters. The van der Waals surface area contributed by atoms with Gasteiger partial charge in [-0.25, -0.2) is 9.78 Å². The SMILES string of the molecule is CC1(O)CC(N)(c2ccc(-c3nc4n(c3-c3ccccc3)COc3ccc(C(=O)O)cc3-4)cc2)C1.Cl. The van der Waals surface area contributed by atoms with Crippen LogP contribution < -0.4 is 10.5 Å². The summed E-state index contributed by atoms with van der Waals surface area (Å²) in [6.07, 6.45) is 1.04. The molecule has 0 atom stereocenters. The molecule has 1 aliphatic heterocycles. The van der Waals surface area contributed by atoms with Crippen molar-refractivity contribution in [3.8, 4) is 39.7 Å². The zero-order valence-electron chi connectivity index (χ0n) is 19.6. The Morgan fingerprint density at radius 2 is 1.72 bits per heavy atom. The van der Waals surface area contributed by atoms with Crippen molar-refractivity contribution >= 4 is 18.4 Å². The standard InChI is InChI=1S/C28H25N3O4.ClH/c1-27(34)14-28(29,15-27)20-10-7-17(8-11-20)23-24(18-5-3-2-4-6-18)31-16-35-22-12-9-19(26(32)33)13-21(22)25(31)30-23;/h2-13,34H,14-16,29H2,1H3,(H,32,33);1H. The number of imidazole rings is 1. The first kappa shape index (κ1) is 24.1. The van der Waals surface area contributed by atoms with Crippen molar-refractivity contribution in [3.63, 3.8) is 0 Å². The zero-order chi connectivity index (χ0) is 24.4. The van der Waals surface area contributed by atoms with Crippen LogP contribution in [0.1, 0.15) is 35.7 Å². The molecule has 6 rings (SSSR count). The third kappa shape index (κ3) is 3.86. The lowest BCUT2D eigenvalue weighted by molar-refractivity contribution is -0.0738. The Kier molecular flexibility index (Phi) is 5.67. The predicted molar refractivity (Wildman–Crippen MR) is 139 cm³/mol. The van der Waals surface area contributed by atoms with E-state index in [1.807, 2.05) is 66.1 Å². The third-order valence-electron chi connectivity index (χ3n) is 6.96.